The molecule has 1 aliphatic heterocycles. The minimum Gasteiger partial charge on any atom is -0.351 e. The predicted molar refractivity (Wildman–Crippen MR) is 84.7 cm³/mol. The SMILES string of the molecule is CC(Sc1ccc(Br)cc1)C(=O)NC1CCS(=O)(=O)C1. The summed E-state index contributed by atoms with van der Waals surface area (Å²) in [5, 5.41) is 2.57. The first kappa shape index (κ1) is 15.9. The smallest absolute Gasteiger partial charge is 0.233 e. The van der Waals surface area contributed by atoms with E-state index in [1.807, 2.05) is 31.2 Å². The van der Waals surface area contributed by atoms with Crippen LogP contribution in [0.4, 0.5) is 0 Å². The van der Waals surface area contributed by atoms with Crippen molar-refractivity contribution < 1.29 is 13.2 Å². The number of sulfone groups is 1. The summed E-state index contributed by atoms with van der Waals surface area (Å²) in [7, 11) is -2.96. The van der Waals surface area contributed by atoms with Crippen LogP contribution in [0.2, 0.25) is 0 Å². The standard InChI is InChI=1S/C13H16BrNO3S2/c1-9(19-12-4-2-10(14)3-5-12)13(16)15-11-6-7-20(17,18)8-11/h2-5,9,11H,6-8H2,1H3,(H,15,16). The van der Waals surface area contributed by atoms with Gasteiger partial charge in [-0.3, -0.25) is 4.79 Å². The summed E-state index contributed by atoms with van der Waals surface area (Å²) in [6.07, 6.45) is 0.518. The lowest BCUT2D eigenvalue weighted by Gasteiger charge is -2.15. The Bertz CT molecular complexity index is 586. The van der Waals surface area contributed by atoms with Crippen molar-refractivity contribution in [2.45, 2.75) is 29.5 Å². The van der Waals surface area contributed by atoms with E-state index in [9.17, 15) is 13.2 Å². The molecule has 110 valence electrons. The molecule has 1 fully saturated rings. The number of carbonyl (C=O) groups is 1. The Kier molecular flexibility index (Phi) is 5.14. The molecule has 2 rings (SSSR count). The van der Waals surface area contributed by atoms with E-state index >= 15 is 0 Å². The van der Waals surface area contributed by atoms with Gasteiger partial charge < -0.3 is 5.32 Å². The molecule has 0 bridgehead atoms. The third kappa shape index (κ3) is 4.49. The number of hydrogen-bond donors (Lipinski definition) is 1. The van der Waals surface area contributed by atoms with Crippen LogP contribution in [0.15, 0.2) is 33.6 Å². The molecule has 2 atom stereocenters. The Hall–Kier alpha value is -0.530. The molecule has 1 heterocycles. The Labute approximate surface area is 131 Å². The van der Waals surface area contributed by atoms with Crippen molar-refractivity contribution in [1.29, 1.82) is 0 Å². The zero-order chi connectivity index (χ0) is 14.8. The summed E-state index contributed by atoms with van der Waals surface area (Å²) in [5.74, 6) is 0.126. The number of halogens is 1. The molecule has 1 saturated heterocycles. The summed E-state index contributed by atoms with van der Waals surface area (Å²) in [5.41, 5.74) is 0. The monoisotopic (exact) mass is 377 g/mol. The first-order chi connectivity index (χ1) is 9.35. The van der Waals surface area contributed by atoms with Crippen molar-refractivity contribution in [3.8, 4) is 0 Å². The van der Waals surface area contributed by atoms with Gasteiger partial charge in [0.15, 0.2) is 9.84 Å². The third-order valence-corrected chi connectivity index (χ3v) is 6.48. The maximum atomic E-state index is 12.0. The molecule has 0 spiro atoms. The fourth-order valence-corrected chi connectivity index (χ4v) is 4.81. The fraction of sp³-hybridized carbons (Fsp3) is 0.462. The van der Waals surface area contributed by atoms with Crippen LogP contribution in [-0.4, -0.2) is 37.1 Å². The van der Waals surface area contributed by atoms with Gasteiger partial charge in [-0.25, -0.2) is 8.42 Å². The van der Waals surface area contributed by atoms with E-state index in [0.29, 0.717) is 6.42 Å². The lowest BCUT2D eigenvalue weighted by molar-refractivity contribution is -0.120. The van der Waals surface area contributed by atoms with Gasteiger partial charge in [0.05, 0.1) is 16.8 Å². The molecule has 1 aromatic carbocycles. The second kappa shape index (κ2) is 6.49. The second-order valence-electron chi connectivity index (χ2n) is 4.82. The van der Waals surface area contributed by atoms with Gasteiger partial charge in [0.1, 0.15) is 0 Å². The molecule has 0 saturated carbocycles. The maximum Gasteiger partial charge on any atom is 0.233 e. The summed E-state index contributed by atoms with van der Waals surface area (Å²) in [6.45, 7) is 1.82. The molecule has 1 aromatic rings. The maximum absolute atomic E-state index is 12.0. The number of hydrogen-bond acceptors (Lipinski definition) is 4. The minimum atomic E-state index is -2.96. The molecule has 1 N–H and O–H groups in total. The van der Waals surface area contributed by atoms with Gasteiger partial charge in [0.2, 0.25) is 5.91 Å². The van der Waals surface area contributed by atoms with E-state index in [1.54, 1.807) is 0 Å². The molecule has 0 aliphatic carbocycles. The van der Waals surface area contributed by atoms with Crippen molar-refractivity contribution in [3.05, 3.63) is 28.7 Å². The van der Waals surface area contributed by atoms with Gasteiger partial charge in [0, 0.05) is 15.4 Å². The number of carbonyl (C=O) groups excluding carboxylic acids is 1. The van der Waals surface area contributed by atoms with E-state index < -0.39 is 9.84 Å². The van der Waals surface area contributed by atoms with E-state index in [-0.39, 0.29) is 28.7 Å². The molecule has 20 heavy (non-hydrogen) atoms. The summed E-state index contributed by atoms with van der Waals surface area (Å²) in [6, 6.07) is 7.50. The Morgan fingerprint density at radius 2 is 2.05 bits per heavy atom. The van der Waals surface area contributed by atoms with Crippen LogP contribution in [0.1, 0.15) is 13.3 Å². The van der Waals surface area contributed by atoms with Gasteiger partial charge in [-0.2, -0.15) is 0 Å². The lowest BCUT2D eigenvalue weighted by atomic mass is 10.2. The minimum absolute atomic E-state index is 0.0639. The van der Waals surface area contributed by atoms with E-state index in [1.165, 1.54) is 11.8 Å². The van der Waals surface area contributed by atoms with Crippen molar-refractivity contribution in [2.24, 2.45) is 0 Å². The Morgan fingerprint density at radius 3 is 2.60 bits per heavy atom. The third-order valence-electron chi connectivity index (χ3n) is 3.07. The molecular formula is C13H16BrNO3S2. The van der Waals surface area contributed by atoms with E-state index in [2.05, 4.69) is 21.2 Å². The van der Waals surface area contributed by atoms with E-state index in [4.69, 9.17) is 0 Å². The highest BCUT2D eigenvalue weighted by molar-refractivity contribution is 9.10. The van der Waals surface area contributed by atoms with Crippen molar-refractivity contribution in [2.75, 3.05) is 11.5 Å². The number of benzene rings is 1. The largest absolute Gasteiger partial charge is 0.351 e. The molecule has 1 amide bonds. The Morgan fingerprint density at radius 1 is 1.40 bits per heavy atom. The average Bonchev–Trinajstić information content (AvgIpc) is 2.71. The van der Waals surface area contributed by atoms with Gasteiger partial charge in [-0.1, -0.05) is 15.9 Å². The molecule has 4 nitrogen and oxygen atoms in total. The lowest BCUT2D eigenvalue weighted by Crippen LogP contribution is -2.39. The van der Waals surface area contributed by atoms with Gasteiger partial charge in [0.25, 0.3) is 0 Å². The van der Waals surface area contributed by atoms with Crippen molar-refractivity contribution >= 4 is 43.4 Å². The highest BCUT2D eigenvalue weighted by atomic mass is 79.9. The molecule has 1 aliphatic rings. The number of rotatable bonds is 4. The predicted octanol–water partition coefficient (Wildman–Crippen LogP) is 2.23. The van der Waals surface area contributed by atoms with Crippen LogP contribution in [0.5, 0.6) is 0 Å². The van der Waals surface area contributed by atoms with Crippen LogP contribution in [0, 0.1) is 0 Å². The summed E-state index contributed by atoms with van der Waals surface area (Å²) < 4.78 is 23.7. The van der Waals surface area contributed by atoms with Crippen molar-refractivity contribution in [3.63, 3.8) is 0 Å². The van der Waals surface area contributed by atoms with E-state index in [0.717, 1.165) is 9.37 Å². The van der Waals surface area contributed by atoms with Crippen LogP contribution in [-0.2, 0) is 14.6 Å². The Balaban J connectivity index is 1.88. The van der Waals surface area contributed by atoms with Gasteiger partial charge >= 0.3 is 0 Å². The zero-order valence-corrected chi connectivity index (χ0v) is 14.2. The van der Waals surface area contributed by atoms with Gasteiger partial charge in [-0.15, -0.1) is 11.8 Å². The van der Waals surface area contributed by atoms with Crippen LogP contribution in [0.25, 0.3) is 0 Å². The molecule has 2 unspecified atom stereocenters. The van der Waals surface area contributed by atoms with Gasteiger partial charge in [-0.05, 0) is 37.6 Å². The number of thioether (sulfide) groups is 1. The average molecular weight is 378 g/mol. The molecule has 0 aromatic heterocycles. The van der Waals surface area contributed by atoms with Crippen molar-refractivity contribution in [1.82, 2.24) is 5.32 Å². The van der Waals surface area contributed by atoms with Crippen LogP contribution < -0.4 is 5.32 Å². The molecule has 0 radical (unpaired) electrons. The number of nitrogens with one attached hydrogen (secondary N) is 1. The van der Waals surface area contributed by atoms with Crippen LogP contribution in [0.3, 0.4) is 0 Å². The first-order valence-electron chi connectivity index (χ1n) is 6.29. The molecule has 7 heteroatoms. The highest BCUT2D eigenvalue weighted by Gasteiger charge is 2.30. The topological polar surface area (TPSA) is 63.2 Å². The highest BCUT2D eigenvalue weighted by Crippen LogP contribution is 2.25. The normalized spacial score (nSPS) is 22.4. The molecular weight excluding hydrogens is 362 g/mol. The summed E-state index contributed by atoms with van der Waals surface area (Å²) in [4.78, 5) is 13.1. The fourth-order valence-electron chi connectivity index (χ4n) is 2.00. The summed E-state index contributed by atoms with van der Waals surface area (Å²) >= 11 is 4.83. The number of amides is 1. The quantitative estimate of drug-likeness (QED) is 0.817. The first-order valence-corrected chi connectivity index (χ1v) is 9.78. The zero-order valence-electron chi connectivity index (χ0n) is 11.0. The second-order valence-corrected chi connectivity index (χ2v) is 9.38. The van der Waals surface area contributed by atoms with Crippen LogP contribution >= 0.6 is 27.7 Å².